The Balaban J connectivity index is 0.000000852. The lowest BCUT2D eigenvalue weighted by Crippen LogP contribution is -2.26. The second-order valence-corrected chi connectivity index (χ2v) is 7.34. The van der Waals surface area contributed by atoms with Crippen molar-refractivity contribution < 1.29 is 42.3 Å². The molecule has 0 aliphatic heterocycles. The van der Waals surface area contributed by atoms with Crippen LogP contribution in [0.15, 0.2) is 36.4 Å². The van der Waals surface area contributed by atoms with Gasteiger partial charge in [0, 0.05) is 35.3 Å². The van der Waals surface area contributed by atoms with Crippen LogP contribution in [-0.2, 0) is 33.3 Å². The Morgan fingerprint density at radius 1 is 1.15 bits per heavy atom. The topological polar surface area (TPSA) is 116 Å². The van der Waals surface area contributed by atoms with Crippen LogP contribution in [0.4, 0.5) is 13.2 Å². The highest BCUT2D eigenvalue weighted by molar-refractivity contribution is 6.30. The zero-order valence-corrected chi connectivity index (χ0v) is 19.3. The van der Waals surface area contributed by atoms with E-state index in [1.807, 2.05) is 0 Å². The number of phenolic OH excluding ortho intramolecular Hbond substituents is 1. The van der Waals surface area contributed by atoms with Crippen LogP contribution in [0.5, 0.6) is 5.75 Å². The van der Waals surface area contributed by atoms with Crippen LogP contribution >= 0.6 is 11.6 Å². The number of ether oxygens (including phenoxy) is 2. The van der Waals surface area contributed by atoms with Crippen molar-refractivity contribution in [3.63, 3.8) is 0 Å². The van der Waals surface area contributed by atoms with Crippen molar-refractivity contribution in [1.82, 2.24) is 0 Å². The molecule has 0 aliphatic rings. The number of aromatic hydroxyl groups is 1. The first-order valence-electron chi connectivity index (χ1n) is 9.82. The molecule has 0 amide bonds. The number of alkyl halides is 3. The maximum absolute atomic E-state index is 13.2. The summed E-state index contributed by atoms with van der Waals surface area (Å²) in [7, 11) is 1.15. The van der Waals surface area contributed by atoms with Crippen LogP contribution in [0.25, 0.3) is 0 Å². The highest BCUT2D eigenvalue weighted by Crippen LogP contribution is 2.35. The van der Waals surface area contributed by atoms with E-state index in [4.69, 9.17) is 11.6 Å². The molecule has 8 nitrogen and oxygen atoms in total. The first kappa shape index (κ1) is 28.7. The summed E-state index contributed by atoms with van der Waals surface area (Å²) >= 11 is 5.62. The Morgan fingerprint density at radius 3 is 2.18 bits per heavy atom. The van der Waals surface area contributed by atoms with Gasteiger partial charge >= 0.3 is 18.1 Å². The van der Waals surface area contributed by atoms with Gasteiger partial charge in [-0.25, -0.2) is 4.79 Å². The number of benzene rings is 2. The average Bonchev–Trinajstić information content (AvgIpc) is 2.74. The molecule has 1 unspecified atom stereocenters. The van der Waals surface area contributed by atoms with Crippen molar-refractivity contribution >= 4 is 23.5 Å². The number of phenols is 1. The van der Waals surface area contributed by atoms with Crippen LogP contribution in [0, 0.1) is 10.1 Å². The largest absolute Gasteiger partial charge is 0.508 e. The smallest absolute Gasteiger partial charge is 0.416 e. The number of methoxy groups -OCH3 is 1. The van der Waals surface area contributed by atoms with E-state index in [9.17, 15) is 38.0 Å². The van der Waals surface area contributed by atoms with Gasteiger partial charge in [0.15, 0.2) is 0 Å². The SMILES string of the molecule is CCOC(C)=O.COC(=O)c1ccc(CC(Cc2ccc(Cl)cc2C(F)(F)F)[N+](=O)[O-])c(O)c1. The molecule has 0 fully saturated rings. The van der Waals surface area contributed by atoms with E-state index in [1.54, 1.807) is 6.92 Å². The van der Waals surface area contributed by atoms with Crippen molar-refractivity contribution in [3.8, 4) is 5.75 Å². The molecule has 0 heterocycles. The standard InChI is InChI=1S/C18H15ClF3NO5.C4H8O2/c1-28-17(25)12-3-2-11(16(24)8-12)7-14(23(26)27)6-10-4-5-13(19)9-15(10)18(20,21)22;1-3-6-4(2)5/h2-5,8-9,14,24H,6-7H2,1H3;3H2,1-2H3. The van der Waals surface area contributed by atoms with Gasteiger partial charge in [-0.3, -0.25) is 14.9 Å². The first-order chi connectivity index (χ1) is 15.8. The van der Waals surface area contributed by atoms with E-state index in [1.165, 1.54) is 25.1 Å². The average molecular weight is 506 g/mol. The van der Waals surface area contributed by atoms with Crippen LogP contribution < -0.4 is 0 Å². The normalized spacial score (nSPS) is 11.6. The zero-order valence-electron chi connectivity index (χ0n) is 18.5. The molecule has 2 aromatic carbocycles. The van der Waals surface area contributed by atoms with Crippen molar-refractivity contribution in [2.75, 3.05) is 13.7 Å². The second-order valence-electron chi connectivity index (χ2n) is 6.91. The molecular formula is C22H23ClF3NO7. The van der Waals surface area contributed by atoms with Gasteiger partial charge in [-0.2, -0.15) is 13.2 Å². The van der Waals surface area contributed by atoms with Gasteiger partial charge in [0.2, 0.25) is 6.04 Å². The third-order valence-corrected chi connectivity index (χ3v) is 4.68. The van der Waals surface area contributed by atoms with E-state index in [0.29, 0.717) is 6.61 Å². The monoisotopic (exact) mass is 505 g/mol. The number of carbonyl (C=O) groups excluding carboxylic acids is 2. The highest BCUT2D eigenvalue weighted by Gasteiger charge is 2.35. The molecule has 2 rings (SSSR count). The molecule has 0 saturated carbocycles. The van der Waals surface area contributed by atoms with Crippen molar-refractivity contribution in [3.05, 3.63) is 73.8 Å². The number of halogens is 4. The van der Waals surface area contributed by atoms with Crippen LogP contribution in [0.3, 0.4) is 0 Å². The molecule has 0 saturated heterocycles. The number of rotatable bonds is 7. The fourth-order valence-corrected chi connectivity index (χ4v) is 3.08. The third kappa shape index (κ3) is 8.89. The van der Waals surface area contributed by atoms with Crippen LogP contribution in [0.2, 0.25) is 5.02 Å². The molecule has 0 bridgehead atoms. The molecule has 34 heavy (non-hydrogen) atoms. The Kier molecular flexibility index (Phi) is 10.8. The van der Waals surface area contributed by atoms with Gasteiger partial charge < -0.3 is 14.6 Å². The van der Waals surface area contributed by atoms with Gasteiger partial charge in [0.1, 0.15) is 5.75 Å². The van der Waals surface area contributed by atoms with Crippen molar-refractivity contribution in [1.29, 1.82) is 0 Å². The minimum absolute atomic E-state index is 0.0402. The molecule has 186 valence electrons. The fraction of sp³-hybridized carbons (Fsp3) is 0.364. The van der Waals surface area contributed by atoms with E-state index in [2.05, 4.69) is 9.47 Å². The Labute approximate surface area is 198 Å². The number of nitrogens with zero attached hydrogens (tertiary/aromatic N) is 1. The number of hydrogen-bond donors (Lipinski definition) is 1. The number of hydrogen-bond acceptors (Lipinski definition) is 7. The van der Waals surface area contributed by atoms with Crippen molar-refractivity contribution in [2.45, 2.75) is 38.9 Å². The summed E-state index contributed by atoms with van der Waals surface area (Å²) in [5, 5.41) is 21.3. The second kappa shape index (κ2) is 12.8. The predicted octanol–water partition coefficient (Wildman–Crippen LogP) is 4.85. The Bertz CT molecular complexity index is 1030. The maximum atomic E-state index is 13.2. The number of nitro groups is 1. The first-order valence-corrected chi connectivity index (χ1v) is 10.2. The zero-order chi connectivity index (χ0) is 26.1. The summed E-state index contributed by atoms with van der Waals surface area (Å²) in [6.45, 7) is 3.65. The van der Waals surface area contributed by atoms with Gasteiger partial charge in [0.05, 0.1) is 24.8 Å². The molecule has 0 aromatic heterocycles. The minimum atomic E-state index is -4.72. The van der Waals surface area contributed by atoms with Crippen LogP contribution in [0.1, 0.15) is 40.9 Å². The molecule has 1 atom stereocenters. The summed E-state index contributed by atoms with van der Waals surface area (Å²) in [4.78, 5) is 32.0. The molecule has 0 aliphatic carbocycles. The van der Waals surface area contributed by atoms with E-state index >= 15 is 0 Å². The molecule has 2 aromatic rings. The van der Waals surface area contributed by atoms with Gasteiger partial charge in [0.25, 0.3) is 0 Å². The maximum Gasteiger partial charge on any atom is 0.416 e. The van der Waals surface area contributed by atoms with Crippen LogP contribution in [-0.4, -0.2) is 41.7 Å². The minimum Gasteiger partial charge on any atom is -0.508 e. The summed E-state index contributed by atoms with van der Waals surface area (Å²) in [6.07, 6.45) is -5.57. The predicted molar refractivity (Wildman–Crippen MR) is 116 cm³/mol. The Morgan fingerprint density at radius 2 is 1.74 bits per heavy atom. The molecular weight excluding hydrogens is 483 g/mol. The summed E-state index contributed by atoms with van der Waals surface area (Å²) in [5.74, 6) is -1.30. The lowest BCUT2D eigenvalue weighted by Gasteiger charge is -2.16. The highest BCUT2D eigenvalue weighted by atomic mass is 35.5. The molecule has 12 heteroatoms. The van der Waals surface area contributed by atoms with Gasteiger partial charge in [-0.15, -0.1) is 0 Å². The molecule has 0 radical (unpaired) electrons. The third-order valence-electron chi connectivity index (χ3n) is 4.44. The summed E-state index contributed by atoms with van der Waals surface area (Å²) < 4.78 is 48.5. The summed E-state index contributed by atoms with van der Waals surface area (Å²) in [6, 6.07) is 5.30. The number of esters is 2. The van der Waals surface area contributed by atoms with Crippen molar-refractivity contribution in [2.24, 2.45) is 0 Å². The van der Waals surface area contributed by atoms with Gasteiger partial charge in [-0.05, 0) is 36.8 Å². The molecule has 0 spiro atoms. The van der Waals surface area contributed by atoms with E-state index in [-0.39, 0.29) is 39.9 Å². The number of carbonyl (C=O) groups is 2. The lowest BCUT2D eigenvalue weighted by atomic mass is 9.95. The molecule has 1 N–H and O–H groups in total. The Hall–Kier alpha value is -3.34. The van der Waals surface area contributed by atoms with Gasteiger partial charge in [-0.1, -0.05) is 23.7 Å². The van der Waals surface area contributed by atoms with E-state index in [0.717, 1.165) is 25.3 Å². The quantitative estimate of drug-likeness (QED) is 0.325. The summed E-state index contributed by atoms with van der Waals surface area (Å²) in [5.41, 5.74) is -1.16. The van der Waals surface area contributed by atoms with E-state index < -0.39 is 35.1 Å². The lowest BCUT2D eigenvalue weighted by molar-refractivity contribution is -0.521. The fourth-order valence-electron chi connectivity index (χ4n) is 2.90.